The number of carbonyl (C=O) groups is 2. The lowest BCUT2D eigenvalue weighted by Crippen LogP contribution is -2.50. The van der Waals surface area contributed by atoms with E-state index in [2.05, 4.69) is 10.2 Å². The van der Waals surface area contributed by atoms with Crippen LogP contribution in [0.25, 0.3) is 0 Å². The van der Waals surface area contributed by atoms with Crippen LogP contribution in [0.4, 0.5) is 11.4 Å². The molecule has 3 fully saturated rings. The second-order valence-corrected chi connectivity index (χ2v) is 7.30. The molecule has 0 unspecified atom stereocenters. The normalized spacial score (nSPS) is 21.8. The molecule has 3 N–H and O–H groups in total. The number of hydrogen-bond acceptors (Lipinski definition) is 5. The van der Waals surface area contributed by atoms with Gasteiger partial charge in [0, 0.05) is 36.5 Å². The lowest BCUT2D eigenvalue weighted by atomic mass is 10.2. The summed E-state index contributed by atoms with van der Waals surface area (Å²) in [6, 6.07) is 8.17. The van der Waals surface area contributed by atoms with Crippen molar-refractivity contribution in [2.24, 2.45) is 5.73 Å². The van der Waals surface area contributed by atoms with Crippen LogP contribution in [-0.4, -0.2) is 61.1 Å². The summed E-state index contributed by atoms with van der Waals surface area (Å²) < 4.78 is 5.15. The van der Waals surface area contributed by atoms with E-state index in [0.717, 1.165) is 11.4 Å². The number of nitrogens with two attached hydrogens (primary N) is 1. The fraction of sp³-hybridized carbons (Fsp3) is 0.579. The molecule has 3 aliphatic rings. The first-order chi connectivity index (χ1) is 12.7. The summed E-state index contributed by atoms with van der Waals surface area (Å²) >= 11 is 0. The van der Waals surface area contributed by atoms with Crippen LogP contribution in [0.15, 0.2) is 24.3 Å². The Morgan fingerprint density at radius 3 is 2.42 bits per heavy atom. The highest BCUT2D eigenvalue weighted by Crippen LogP contribution is 2.38. The molecule has 1 heterocycles. The number of amides is 2. The molecule has 140 valence electrons. The second kappa shape index (κ2) is 7.34. The van der Waals surface area contributed by atoms with Gasteiger partial charge in [0.1, 0.15) is 12.6 Å². The zero-order chi connectivity index (χ0) is 18.1. The summed E-state index contributed by atoms with van der Waals surface area (Å²) in [5, 5.41) is 2.99. The van der Waals surface area contributed by atoms with E-state index in [1.165, 1.54) is 25.7 Å². The molecule has 0 radical (unpaired) electrons. The van der Waals surface area contributed by atoms with E-state index in [1.807, 2.05) is 24.3 Å². The SMILES string of the molecule is NC[C@H](C(=O)Nc1ccc(N2CCOCC2=O)cc1)N(C1CC1)C1CC1. The molecule has 1 aliphatic heterocycles. The van der Waals surface area contributed by atoms with Crippen molar-refractivity contribution < 1.29 is 14.3 Å². The number of ether oxygens (including phenoxy) is 1. The highest BCUT2D eigenvalue weighted by atomic mass is 16.5. The lowest BCUT2D eigenvalue weighted by molar-refractivity contribution is -0.125. The molecular weight excluding hydrogens is 332 g/mol. The molecule has 0 spiro atoms. The van der Waals surface area contributed by atoms with Crippen LogP contribution in [0.2, 0.25) is 0 Å². The monoisotopic (exact) mass is 358 g/mol. The van der Waals surface area contributed by atoms with E-state index in [-0.39, 0.29) is 24.5 Å². The summed E-state index contributed by atoms with van der Waals surface area (Å²) in [6.45, 7) is 1.55. The van der Waals surface area contributed by atoms with Gasteiger partial charge in [-0.1, -0.05) is 0 Å². The molecule has 4 rings (SSSR count). The van der Waals surface area contributed by atoms with Gasteiger partial charge in [0.05, 0.1) is 6.61 Å². The van der Waals surface area contributed by atoms with E-state index in [4.69, 9.17) is 10.5 Å². The minimum absolute atomic E-state index is 0.0403. The van der Waals surface area contributed by atoms with E-state index >= 15 is 0 Å². The Hall–Kier alpha value is -1.96. The van der Waals surface area contributed by atoms with Crippen LogP contribution < -0.4 is 16.0 Å². The number of carbonyl (C=O) groups excluding carboxylic acids is 2. The molecule has 2 amide bonds. The van der Waals surface area contributed by atoms with Gasteiger partial charge < -0.3 is 20.7 Å². The Morgan fingerprint density at radius 1 is 1.23 bits per heavy atom. The standard InChI is InChI=1S/C19H26N4O3/c20-11-17(23(15-5-6-15)16-7-8-16)19(25)21-13-1-3-14(4-2-13)22-9-10-26-12-18(22)24/h1-4,15-17H,5-12,20H2,(H,21,25)/t17-/m1/s1. The maximum atomic E-state index is 12.8. The van der Waals surface area contributed by atoms with Crippen molar-refractivity contribution in [3.8, 4) is 0 Å². The first kappa shape index (κ1) is 17.5. The third-order valence-electron chi connectivity index (χ3n) is 5.26. The van der Waals surface area contributed by atoms with Crippen molar-refractivity contribution >= 4 is 23.2 Å². The zero-order valence-corrected chi connectivity index (χ0v) is 14.9. The Labute approximate surface area is 153 Å². The van der Waals surface area contributed by atoms with Crippen molar-refractivity contribution in [2.45, 2.75) is 43.8 Å². The molecular formula is C19H26N4O3. The lowest BCUT2D eigenvalue weighted by Gasteiger charge is -2.30. The Kier molecular flexibility index (Phi) is 4.93. The third kappa shape index (κ3) is 3.75. The van der Waals surface area contributed by atoms with Crippen molar-refractivity contribution in [3.63, 3.8) is 0 Å². The number of hydrogen-bond donors (Lipinski definition) is 2. The maximum Gasteiger partial charge on any atom is 0.253 e. The van der Waals surface area contributed by atoms with Crippen molar-refractivity contribution in [1.29, 1.82) is 0 Å². The molecule has 1 saturated heterocycles. The fourth-order valence-electron chi connectivity index (χ4n) is 3.66. The van der Waals surface area contributed by atoms with E-state index in [1.54, 1.807) is 4.90 Å². The van der Waals surface area contributed by atoms with Gasteiger partial charge in [-0.3, -0.25) is 14.5 Å². The van der Waals surface area contributed by atoms with Gasteiger partial charge in [-0.05, 0) is 49.9 Å². The second-order valence-electron chi connectivity index (χ2n) is 7.30. The molecule has 0 aromatic heterocycles. The highest BCUT2D eigenvalue weighted by Gasteiger charge is 2.44. The number of nitrogens with zero attached hydrogens (tertiary/aromatic N) is 2. The zero-order valence-electron chi connectivity index (χ0n) is 14.9. The highest BCUT2D eigenvalue weighted by molar-refractivity contribution is 5.97. The summed E-state index contributed by atoms with van der Waals surface area (Å²) in [7, 11) is 0. The summed E-state index contributed by atoms with van der Waals surface area (Å²) in [5.41, 5.74) is 7.49. The molecule has 7 nitrogen and oxygen atoms in total. The van der Waals surface area contributed by atoms with Gasteiger partial charge >= 0.3 is 0 Å². The Bertz CT molecular complexity index is 658. The maximum absolute atomic E-state index is 12.8. The van der Waals surface area contributed by atoms with Gasteiger partial charge in [-0.25, -0.2) is 0 Å². The number of nitrogens with one attached hydrogen (secondary N) is 1. The molecule has 1 atom stereocenters. The minimum Gasteiger partial charge on any atom is -0.370 e. The number of anilines is 2. The Morgan fingerprint density at radius 2 is 1.88 bits per heavy atom. The average Bonchev–Trinajstić information content (AvgIpc) is 3.55. The fourth-order valence-corrected chi connectivity index (χ4v) is 3.66. The van der Waals surface area contributed by atoms with E-state index in [0.29, 0.717) is 31.8 Å². The molecule has 7 heteroatoms. The van der Waals surface area contributed by atoms with Crippen LogP contribution in [0.1, 0.15) is 25.7 Å². The molecule has 26 heavy (non-hydrogen) atoms. The predicted molar refractivity (Wildman–Crippen MR) is 99.0 cm³/mol. The molecule has 2 aliphatic carbocycles. The van der Waals surface area contributed by atoms with E-state index in [9.17, 15) is 9.59 Å². The van der Waals surface area contributed by atoms with E-state index < -0.39 is 0 Å². The average molecular weight is 358 g/mol. The van der Waals surface area contributed by atoms with Gasteiger partial charge in [-0.15, -0.1) is 0 Å². The minimum atomic E-state index is -0.268. The largest absolute Gasteiger partial charge is 0.370 e. The quantitative estimate of drug-likeness (QED) is 0.757. The van der Waals surface area contributed by atoms with Crippen LogP contribution >= 0.6 is 0 Å². The van der Waals surface area contributed by atoms with Crippen molar-refractivity contribution in [1.82, 2.24) is 4.90 Å². The van der Waals surface area contributed by atoms with Crippen molar-refractivity contribution in [2.75, 3.05) is 36.5 Å². The topological polar surface area (TPSA) is 87.9 Å². The molecule has 0 bridgehead atoms. The number of morpholine rings is 1. The van der Waals surface area contributed by atoms with Crippen LogP contribution in [0, 0.1) is 0 Å². The van der Waals surface area contributed by atoms with Crippen LogP contribution in [0.5, 0.6) is 0 Å². The molecule has 1 aromatic rings. The first-order valence-electron chi connectivity index (χ1n) is 9.44. The number of benzene rings is 1. The summed E-state index contributed by atoms with van der Waals surface area (Å²) in [6.07, 6.45) is 4.68. The molecule has 2 saturated carbocycles. The van der Waals surface area contributed by atoms with Crippen LogP contribution in [-0.2, 0) is 14.3 Å². The molecule has 1 aromatic carbocycles. The first-order valence-corrected chi connectivity index (χ1v) is 9.44. The third-order valence-corrected chi connectivity index (χ3v) is 5.26. The van der Waals surface area contributed by atoms with Crippen molar-refractivity contribution in [3.05, 3.63) is 24.3 Å². The summed E-state index contributed by atoms with van der Waals surface area (Å²) in [5.74, 6) is -0.0813. The predicted octanol–water partition coefficient (Wildman–Crippen LogP) is 0.942. The van der Waals surface area contributed by atoms with Gasteiger partial charge in [0.15, 0.2) is 0 Å². The summed E-state index contributed by atoms with van der Waals surface area (Å²) in [4.78, 5) is 28.7. The van der Waals surface area contributed by atoms with Gasteiger partial charge in [-0.2, -0.15) is 0 Å². The Balaban J connectivity index is 1.41. The van der Waals surface area contributed by atoms with Gasteiger partial charge in [0.25, 0.3) is 5.91 Å². The van der Waals surface area contributed by atoms with Gasteiger partial charge in [0.2, 0.25) is 5.91 Å². The number of rotatable bonds is 7. The smallest absolute Gasteiger partial charge is 0.253 e. The van der Waals surface area contributed by atoms with Crippen LogP contribution in [0.3, 0.4) is 0 Å².